The van der Waals surface area contributed by atoms with Gasteiger partial charge in [0.05, 0.1) is 12.6 Å². The summed E-state index contributed by atoms with van der Waals surface area (Å²) in [5, 5.41) is 0. The molecule has 4 heteroatoms. The second-order valence-corrected chi connectivity index (χ2v) is 7.13. The first-order chi connectivity index (χ1) is 9.81. The Hall–Kier alpha value is -1.47. The maximum Gasteiger partial charge on any atom is 0.411 e. The van der Waals surface area contributed by atoms with Crippen molar-refractivity contribution in [2.24, 2.45) is 0 Å². The van der Waals surface area contributed by atoms with Gasteiger partial charge in [-0.3, -0.25) is 4.90 Å². The van der Waals surface area contributed by atoms with E-state index in [4.69, 9.17) is 11.2 Å². The number of ether oxygens (including phenoxy) is 1. The van der Waals surface area contributed by atoms with Crippen molar-refractivity contribution >= 4 is 22.0 Å². The molecule has 0 N–H and O–H groups in total. The largest absolute Gasteiger partial charge is 0.444 e. The molecule has 0 saturated heterocycles. The molecule has 1 aliphatic carbocycles. The molecule has 3 nitrogen and oxygen atoms in total. The minimum Gasteiger partial charge on any atom is -0.444 e. The predicted molar refractivity (Wildman–Crippen MR) is 87.0 cm³/mol. The monoisotopic (exact) mass is 349 g/mol. The molecule has 0 aliphatic heterocycles. The van der Waals surface area contributed by atoms with E-state index < -0.39 is 5.60 Å². The Labute approximate surface area is 134 Å². The van der Waals surface area contributed by atoms with Gasteiger partial charge in [-0.25, -0.2) is 4.79 Å². The molecule has 21 heavy (non-hydrogen) atoms. The molecule has 0 bridgehead atoms. The third-order valence-electron chi connectivity index (χ3n) is 3.42. The molecule has 112 valence electrons. The highest BCUT2D eigenvalue weighted by Gasteiger charge is 2.33. The van der Waals surface area contributed by atoms with Crippen LogP contribution in [0.2, 0.25) is 0 Å². The molecule has 1 aromatic rings. The molecule has 0 heterocycles. The van der Waals surface area contributed by atoms with Crippen LogP contribution in [0.15, 0.2) is 22.7 Å². The molecule has 1 atom stereocenters. The molecule has 1 amide bonds. The smallest absolute Gasteiger partial charge is 0.411 e. The van der Waals surface area contributed by atoms with Crippen LogP contribution in [-0.2, 0) is 11.2 Å². The number of benzene rings is 1. The second-order valence-electron chi connectivity index (χ2n) is 6.21. The Morgan fingerprint density at radius 3 is 2.86 bits per heavy atom. The summed E-state index contributed by atoms with van der Waals surface area (Å²) >= 11 is 3.48. The lowest BCUT2D eigenvalue weighted by Gasteiger charge is -2.30. The average Bonchev–Trinajstić information content (AvgIpc) is 2.76. The lowest BCUT2D eigenvalue weighted by molar-refractivity contribution is 0.0190. The fraction of sp³-hybridized carbons (Fsp3) is 0.471. The van der Waals surface area contributed by atoms with E-state index in [9.17, 15) is 4.79 Å². The normalized spacial score (nSPS) is 17.0. The number of hydrogen-bond donors (Lipinski definition) is 0. The zero-order valence-corrected chi connectivity index (χ0v) is 14.2. The van der Waals surface area contributed by atoms with E-state index in [-0.39, 0.29) is 18.7 Å². The van der Waals surface area contributed by atoms with Gasteiger partial charge in [0.2, 0.25) is 0 Å². The molecule has 1 aromatic carbocycles. The molecule has 0 radical (unpaired) electrons. The van der Waals surface area contributed by atoms with Gasteiger partial charge in [-0.05, 0) is 56.9 Å². The number of nitrogens with zero attached hydrogens (tertiary/aromatic N) is 1. The first kappa shape index (κ1) is 15.9. The molecule has 1 aliphatic rings. The van der Waals surface area contributed by atoms with Gasteiger partial charge in [0.25, 0.3) is 0 Å². The van der Waals surface area contributed by atoms with Crippen molar-refractivity contribution in [2.45, 2.75) is 45.3 Å². The van der Waals surface area contributed by atoms with Gasteiger partial charge in [0.1, 0.15) is 5.60 Å². The SMILES string of the molecule is C#CCN(C(=O)OC(C)(C)C)C1CCc2cc(Br)ccc21. The lowest BCUT2D eigenvalue weighted by Crippen LogP contribution is -2.39. The summed E-state index contributed by atoms with van der Waals surface area (Å²) < 4.78 is 6.54. The van der Waals surface area contributed by atoms with E-state index in [0.717, 1.165) is 17.3 Å². The van der Waals surface area contributed by atoms with E-state index in [1.54, 1.807) is 4.90 Å². The van der Waals surface area contributed by atoms with Gasteiger partial charge in [0, 0.05) is 4.47 Å². The zero-order chi connectivity index (χ0) is 15.6. The molecule has 1 unspecified atom stereocenters. The van der Waals surface area contributed by atoms with Crippen LogP contribution < -0.4 is 0 Å². The Morgan fingerprint density at radius 2 is 2.24 bits per heavy atom. The summed E-state index contributed by atoms with van der Waals surface area (Å²) in [5.41, 5.74) is 1.91. The first-order valence-electron chi connectivity index (χ1n) is 7.03. The highest BCUT2D eigenvalue weighted by atomic mass is 79.9. The Morgan fingerprint density at radius 1 is 1.52 bits per heavy atom. The van der Waals surface area contributed by atoms with Crippen molar-refractivity contribution in [1.29, 1.82) is 0 Å². The number of halogens is 1. The van der Waals surface area contributed by atoms with Crippen molar-refractivity contribution in [3.8, 4) is 12.3 Å². The Bertz CT molecular complexity index is 583. The van der Waals surface area contributed by atoms with Crippen LogP contribution in [0.5, 0.6) is 0 Å². The summed E-state index contributed by atoms with van der Waals surface area (Å²) in [6.45, 7) is 5.84. The van der Waals surface area contributed by atoms with Crippen LogP contribution in [0.4, 0.5) is 4.79 Å². The van der Waals surface area contributed by atoms with Crippen molar-refractivity contribution in [3.63, 3.8) is 0 Å². The molecule has 0 fully saturated rings. The van der Waals surface area contributed by atoms with E-state index in [0.29, 0.717) is 0 Å². The van der Waals surface area contributed by atoms with E-state index in [1.165, 1.54) is 11.1 Å². The summed E-state index contributed by atoms with van der Waals surface area (Å²) in [7, 11) is 0. The molecule has 0 saturated carbocycles. The first-order valence-corrected chi connectivity index (χ1v) is 7.82. The summed E-state index contributed by atoms with van der Waals surface area (Å²) in [4.78, 5) is 14.1. The molecule has 0 spiro atoms. The number of fused-ring (bicyclic) bond motifs is 1. The van der Waals surface area contributed by atoms with Crippen LogP contribution in [0.25, 0.3) is 0 Å². The topological polar surface area (TPSA) is 29.5 Å². The number of terminal acetylenes is 1. The zero-order valence-electron chi connectivity index (χ0n) is 12.6. The van der Waals surface area contributed by atoms with Gasteiger partial charge < -0.3 is 4.74 Å². The highest BCUT2D eigenvalue weighted by Crippen LogP contribution is 2.37. The van der Waals surface area contributed by atoms with Crippen LogP contribution >= 0.6 is 15.9 Å². The minimum absolute atomic E-state index is 0.000926. The number of amides is 1. The molecular formula is C17H20BrNO2. The van der Waals surface area contributed by atoms with Gasteiger partial charge in [-0.15, -0.1) is 6.42 Å². The van der Waals surface area contributed by atoms with Gasteiger partial charge in [-0.2, -0.15) is 0 Å². The fourth-order valence-corrected chi connectivity index (χ4v) is 3.02. The average molecular weight is 350 g/mol. The van der Waals surface area contributed by atoms with Crippen molar-refractivity contribution in [1.82, 2.24) is 4.90 Å². The van der Waals surface area contributed by atoms with Gasteiger partial charge in [-0.1, -0.05) is 27.9 Å². The highest BCUT2D eigenvalue weighted by molar-refractivity contribution is 9.10. The molecule has 2 rings (SSSR count). The standard InChI is InChI=1S/C17H20BrNO2/c1-5-10-19(16(20)21-17(2,3)4)15-9-6-12-11-13(18)7-8-14(12)15/h1,7-8,11,15H,6,9-10H2,2-4H3. The Balaban J connectivity index is 2.25. The number of rotatable bonds is 2. The van der Waals surface area contributed by atoms with E-state index >= 15 is 0 Å². The lowest BCUT2D eigenvalue weighted by atomic mass is 10.1. The summed E-state index contributed by atoms with van der Waals surface area (Å²) in [6, 6.07) is 6.17. The van der Waals surface area contributed by atoms with Crippen molar-refractivity contribution < 1.29 is 9.53 Å². The fourth-order valence-electron chi connectivity index (χ4n) is 2.61. The third-order valence-corrected chi connectivity index (χ3v) is 3.91. The summed E-state index contributed by atoms with van der Waals surface area (Å²) in [5.74, 6) is 2.57. The van der Waals surface area contributed by atoms with Gasteiger partial charge in [0.15, 0.2) is 0 Å². The minimum atomic E-state index is -0.523. The predicted octanol–water partition coefficient (Wildman–Crippen LogP) is 4.31. The maximum absolute atomic E-state index is 12.4. The molecule has 0 aromatic heterocycles. The van der Waals surface area contributed by atoms with Crippen molar-refractivity contribution in [3.05, 3.63) is 33.8 Å². The number of aryl methyl sites for hydroxylation is 1. The number of hydrogen-bond acceptors (Lipinski definition) is 2. The Kier molecular flexibility index (Phi) is 4.63. The number of carbonyl (C=O) groups excluding carboxylic acids is 1. The quantitative estimate of drug-likeness (QED) is 0.744. The van der Waals surface area contributed by atoms with Crippen LogP contribution in [0.1, 0.15) is 44.4 Å². The van der Waals surface area contributed by atoms with E-state index in [2.05, 4.69) is 34.0 Å². The maximum atomic E-state index is 12.4. The second kappa shape index (κ2) is 6.11. The van der Waals surface area contributed by atoms with Crippen LogP contribution in [0, 0.1) is 12.3 Å². The number of carbonyl (C=O) groups is 1. The van der Waals surface area contributed by atoms with Crippen LogP contribution in [0.3, 0.4) is 0 Å². The van der Waals surface area contributed by atoms with E-state index in [1.807, 2.05) is 26.8 Å². The third kappa shape index (κ3) is 3.79. The molecular weight excluding hydrogens is 330 g/mol. The van der Waals surface area contributed by atoms with Gasteiger partial charge >= 0.3 is 6.09 Å². The van der Waals surface area contributed by atoms with Crippen LogP contribution in [-0.4, -0.2) is 23.1 Å². The van der Waals surface area contributed by atoms with Crippen molar-refractivity contribution in [2.75, 3.05) is 6.54 Å². The summed E-state index contributed by atoms with van der Waals surface area (Å²) in [6.07, 6.45) is 6.92.